The molecule has 0 aromatic rings. The average molecular weight is 279 g/mol. The standard InChI is InChI=1S/C15H25N3O2/c1-9(2)8-18-12(3-4-19)11-5-10-6-13(18)15(11,14(16)20)17-7-10/h7,9-13,19H,3-6,8H2,1-2H3,(H2,16,20). The van der Waals surface area contributed by atoms with Gasteiger partial charge in [-0.05, 0) is 31.1 Å². The quantitative estimate of drug-likeness (QED) is 0.765. The number of aliphatic hydroxyl groups is 1. The number of carbonyl (C=O) groups excluding carboxylic acids is 1. The minimum atomic E-state index is -0.733. The first-order valence-corrected chi connectivity index (χ1v) is 7.72. The zero-order chi connectivity index (χ0) is 14.5. The Bertz CT molecular complexity index is 437. The zero-order valence-electron chi connectivity index (χ0n) is 12.3. The van der Waals surface area contributed by atoms with Gasteiger partial charge in [0.15, 0.2) is 5.54 Å². The Morgan fingerprint density at radius 2 is 2.30 bits per heavy atom. The van der Waals surface area contributed by atoms with Crippen LogP contribution in [0.5, 0.6) is 0 Å². The van der Waals surface area contributed by atoms with Gasteiger partial charge in [0.25, 0.3) is 0 Å². The van der Waals surface area contributed by atoms with Gasteiger partial charge in [0.05, 0.1) is 0 Å². The molecule has 2 fully saturated rings. The summed E-state index contributed by atoms with van der Waals surface area (Å²) in [6.45, 7) is 5.49. The van der Waals surface area contributed by atoms with E-state index >= 15 is 0 Å². The van der Waals surface area contributed by atoms with Crippen molar-refractivity contribution in [2.75, 3.05) is 13.2 Å². The van der Waals surface area contributed by atoms with Gasteiger partial charge in [0.2, 0.25) is 5.91 Å². The van der Waals surface area contributed by atoms with E-state index in [1.807, 2.05) is 6.21 Å². The number of aliphatic imine (C=N–C) groups is 1. The van der Waals surface area contributed by atoms with Crippen LogP contribution in [0.4, 0.5) is 0 Å². The summed E-state index contributed by atoms with van der Waals surface area (Å²) in [5.41, 5.74) is 5.04. The zero-order valence-corrected chi connectivity index (χ0v) is 12.3. The second-order valence-electron chi connectivity index (χ2n) is 6.99. The molecule has 5 unspecified atom stereocenters. The number of rotatable bonds is 5. The van der Waals surface area contributed by atoms with E-state index in [0.717, 1.165) is 19.4 Å². The molecule has 112 valence electrons. The second-order valence-corrected chi connectivity index (χ2v) is 6.99. The molecule has 0 radical (unpaired) electrons. The van der Waals surface area contributed by atoms with Gasteiger partial charge in [-0.2, -0.15) is 0 Å². The molecule has 0 spiro atoms. The predicted octanol–water partition coefficient (Wildman–Crippen LogP) is 0.412. The summed E-state index contributed by atoms with van der Waals surface area (Å²) in [5.74, 6) is 0.906. The third-order valence-corrected chi connectivity index (χ3v) is 5.34. The molecule has 1 aliphatic carbocycles. The minimum absolute atomic E-state index is 0.132. The first kappa shape index (κ1) is 14.0. The normalized spacial score (nSPS) is 42.6. The highest BCUT2D eigenvalue weighted by Crippen LogP contribution is 2.54. The smallest absolute Gasteiger partial charge is 0.247 e. The van der Waals surface area contributed by atoms with Gasteiger partial charge in [-0.3, -0.25) is 14.7 Å². The van der Waals surface area contributed by atoms with Crippen LogP contribution in [-0.2, 0) is 4.79 Å². The van der Waals surface area contributed by atoms with Gasteiger partial charge < -0.3 is 10.8 Å². The Labute approximate surface area is 120 Å². The molecule has 0 aromatic carbocycles. The summed E-state index contributed by atoms with van der Waals surface area (Å²) < 4.78 is 0. The van der Waals surface area contributed by atoms with Crippen LogP contribution in [0.15, 0.2) is 4.99 Å². The van der Waals surface area contributed by atoms with Crippen LogP contribution < -0.4 is 5.73 Å². The molecule has 1 saturated carbocycles. The van der Waals surface area contributed by atoms with E-state index in [4.69, 9.17) is 5.73 Å². The van der Waals surface area contributed by atoms with Crippen LogP contribution in [0, 0.1) is 17.8 Å². The highest BCUT2D eigenvalue weighted by Gasteiger charge is 2.66. The minimum Gasteiger partial charge on any atom is -0.396 e. The number of likely N-dealkylation sites (tertiary alicyclic amines) is 1. The third-order valence-electron chi connectivity index (χ3n) is 5.34. The molecule has 4 rings (SSSR count). The Hall–Kier alpha value is -0.940. The molecule has 5 atom stereocenters. The lowest BCUT2D eigenvalue weighted by atomic mass is 9.64. The molecule has 20 heavy (non-hydrogen) atoms. The first-order chi connectivity index (χ1) is 9.50. The van der Waals surface area contributed by atoms with E-state index in [1.54, 1.807) is 0 Å². The summed E-state index contributed by atoms with van der Waals surface area (Å²) >= 11 is 0. The number of hydrogen-bond donors (Lipinski definition) is 2. The molecule has 1 amide bonds. The summed E-state index contributed by atoms with van der Waals surface area (Å²) in [6, 6.07) is 0.370. The number of carbonyl (C=O) groups is 1. The number of nitrogens with two attached hydrogens (primary N) is 1. The molecule has 5 heteroatoms. The van der Waals surface area contributed by atoms with Crippen molar-refractivity contribution in [2.24, 2.45) is 28.5 Å². The van der Waals surface area contributed by atoms with Gasteiger partial charge in [-0.25, -0.2) is 0 Å². The molecule has 3 aliphatic heterocycles. The van der Waals surface area contributed by atoms with Crippen molar-refractivity contribution in [3.63, 3.8) is 0 Å². The highest BCUT2D eigenvalue weighted by atomic mass is 16.3. The molecule has 4 aliphatic rings. The molecular formula is C15H25N3O2. The maximum absolute atomic E-state index is 12.2. The fourth-order valence-corrected chi connectivity index (χ4v) is 4.74. The SMILES string of the molecule is CC(C)CN1C(CCO)C2CC3C=NC2(C(N)=O)C1C3. The van der Waals surface area contributed by atoms with Gasteiger partial charge in [0.1, 0.15) is 0 Å². The topological polar surface area (TPSA) is 78.9 Å². The highest BCUT2D eigenvalue weighted by molar-refractivity contribution is 5.90. The van der Waals surface area contributed by atoms with Crippen LogP contribution in [-0.4, -0.2) is 52.9 Å². The Balaban J connectivity index is 2.01. The van der Waals surface area contributed by atoms with Gasteiger partial charge >= 0.3 is 0 Å². The second kappa shape index (κ2) is 4.81. The molecule has 3 heterocycles. The maximum atomic E-state index is 12.2. The fraction of sp³-hybridized carbons (Fsp3) is 0.867. The van der Waals surface area contributed by atoms with E-state index in [9.17, 15) is 9.90 Å². The summed E-state index contributed by atoms with van der Waals surface area (Å²) in [6.07, 6.45) is 4.64. The van der Waals surface area contributed by atoms with Crippen molar-refractivity contribution in [3.8, 4) is 0 Å². The lowest BCUT2D eigenvalue weighted by Crippen LogP contribution is -2.61. The van der Waals surface area contributed by atoms with E-state index in [1.165, 1.54) is 0 Å². The molecule has 5 nitrogen and oxygen atoms in total. The van der Waals surface area contributed by atoms with Crippen LogP contribution in [0.2, 0.25) is 0 Å². The fourth-order valence-electron chi connectivity index (χ4n) is 4.74. The van der Waals surface area contributed by atoms with E-state index in [2.05, 4.69) is 23.7 Å². The van der Waals surface area contributed by atoms with Crippen molar-refractivity contribution in [1.82, 2.24) is 4.90 Å². The third kappa shape index (κ3) is 1.76. The van der Waals surface area contributed by atoms with Crippen molar-refractivity contribution >= 4 is 12.1 Å². The molecule has 3 N–H and O–H groups in total. The van der Waals surface area contributed by atoms with Crippen LogP contribution >= 0.6 is 0 Å². The number of primary amides is 1. The number of hydrogen-bond acceptors (Lipinski definition) is 4. The largest absolute Gasteiger partial charge is 0.396 e. The van der Waals surface area contributed by atoms with Gasteiger partial charge in [-0.15, -0.1) is 0 Å². The van der Waals surface area contributed by atoms with Gasteiger partial charge in [-0.1, -0.05) is 13.8 Å². The summed E-state index contributed by atoms with van der Waals surface area (Å²) in [4.78, 5) is 19.2. The van der Waals surface area contributed by atoms with E-state index < -0.39 is 5.54 Å². The molecular weight excluding hydrogens is 254 g/mol. The van der Waals surface area contributed by atoms with Crippen molar-refractivity contribution < 1.29 is 9.90 Å². The monoisotopic (exact) mass is 279 g/mol. The summed E-state index contributed by atoms with van der Waals surface area (Å²) in [5, 5.41) is 9.41. The van der Waals surface area contributed by atoms with Crippen molar-refractivity contribution in [2.45, 2.75) is 50.7 Å². The van der Waals surface area contributed by atoms with Gasteiger partial charge in [0, 0.05) is 37.4 Å². The Morgan fingerprint density at radius 1 is 1.55 bits per heavy atom. The van der Waals surface area contributed by atoms with Crippen LogP contribution in [0.3, 0.4) is 0 Å². The van der Waals surface area contributed by atoms with E-state index in [-0.39, 0.29) is 30.5 Å². The lowest BCUT2D eigenvalue weighted by molar-refractivity contribution is -0.126. The number of amides is 1. The number of nitrogens with zero attached hydrogens (tertiary/aromatic N) is 2. The predicted molar refractivity (Wildman–Crippen MR) is 77.5 cm³/mol. The van der Waals surface area contributed by atoms with E-state index in [0.29, 0.717) is 18.3 Å². The Morgan fingerprint density at radius 3 is 2.90 bits per heavy atom. The Kier molecular flexibility index (Phi) is 3.37. The van der Waals surface area contributed by atoms with Crippen LogP contribution in [0.1, 0.15) is 33.1 Å². The van der Waals surface area contributed by atoms with Crippen molar-refractivity contribution in [3.05, 3.63) is 0 Å². The summed E-state index contributed by atoms with van der Waals surface area (Å²) in [7, 11) is 0. The average Bonchev–Trinajstić information content (AvgIpc) is 2.57. The maximum Gasteiger partial charge on any atom is 0.247 e. The lowest BCUT2D eigenvalue weighted by Gasteiger charge is -2.45. The molecule has 4 bridgehead atoms. The molecule has 0 aromatic heterocycles. The number of aliphatic hydroxyl groups excluding tert-OH is 1. The van der Waals surface area contributed by atoms with Crippen LogP contribution in [0.25, 0.3) is 0 Å². The first-order valence-electron chi connectivity index (χ1n) is 7.72. The molecule has 1 saturated heterocycles. The van der Waals surface area contributed by atoms with Crippen molar-refractivity contribution in [1.29, 1.82) is 0 Å².